The number of rotatable bonds is 11. The van der Waals surface area contributed by atoms with Crippen LogP contribution in [0.1, 0.15) is 65.2 Å². The van der Waals surface area contributed by atoms with Crippen LogP contribution in [-0.4, -0.2) is 23.1 Å². The summed E-state index contributed by atoms with van der Waals surface area (Å²) in [6.45, 7) is 12.1. The van der Waals surface area contributed by atoms with E-state index >= 15 is 0 Å². The molecule has 6 rings (SSSR count). The molecule has 0 aliphatic carbocycles. The average molecular weight is 721 g/mol. The summed E-state index contributed by atoms with van der Waals surface area (Å²) in [6.07, 6.45) is 2.95. The molecule has 8 nitrogen and oxygen atoms in total. The molecule has 0 aliphatic rings. The zero-order valence-electron chi connectivity index (χ0n) is 27.7. The Morgan fingerprint density at radius 1 is 0.917 bits per heavy atom. The second kappa shape index (κ2) is 13.6. The second-order valence-corrected chi connectivity index (χ2v) is 16.7. The van der Waals surface area contributed by atoms with Crippen LogP contribution >= 0.6 is 34.3 Å². The van der Waals surface area contributed by atoms with Gasteiger partial charge in [-0.3, -0.25) is 14.5 Å². The summed E-state index contributed by atoms with van der Waals surface area (Å²) in [7, 11) is -4.01. The van der Waals surface area contributed by atoms with E-state index < -0.39 is 10.0 Å². The first-order valence-corrected chi connectivity index (χ1v) is 19.4. The molecule has 0 atom stereocenters. The van der Waals surface area contributed by atoms with Gasteiger partial charge in [-0.15, -0.1) is 22.7 Å². The number of aromatic nitrogens is 3. The Kier molecular flexibility index (Phi) is 9.68. The highest BCUT2D eigenvalue weighted by molar-refractivity contribution is 7.94. The molecule has 1 N–H and O–H groups in total. The minimum Gasteiger partial charge on any atom is -0.359 e. The van der Waals surface area contributed by atoms with E-state index in [0.717, 1.165) is 67.3 Å². The minimum atomic E-state index is -4.01. The fourth-order valence-corrected chi connectivity index (χ4v) is 9.83. The van der Waals surface area contributed by atoms with Crippen molar-refractivity contribution in [3.05, 3.63) is 102 Å². The molecule has 5 aromatic heterocycles. The first-order chi connectivity index (χ1) is 22.9. The third-order valence-corrected chi connectivity index (χ3v) is 12.6. The van der Waals surface area contributed by atoms with Gasteiger partial charge in [0.15, 0.2) is 5.82 Å². The fourth-order valence-electron chi connectivity index (χ4n) is 5.98. The number of nitrogens with zero attached hydrogens (tertiary/aromatic N) is 3. The van der Waals surface area contributed by atoms with Gasteiger partial charge >= 0.3 is 0 Å². The van der Waals surface area contributed by atoms with Crippen molar-refractivity contribution in [3.8, 4) is 21.6 Å². The van der Waals surface area contributed by atoms with E-state index in [2.05, 4.69) is 23.7 Å². The van der Waals surface area contributed by atoms with Gasteiger partial charge in [0.25, 0.3) is 15.6 Å². The van der Waals surface area contributed by atoms with Gasteiger partial charge in [0, 0.05) is 53.1 Å². The first kappa shape index (κ1) is 34.1. The Morgan fingerprint density at radius 2 is 1.71 bits per heavy atom. The van der Waals surface area contributed by atoms with Crippen LogP contribution in [0.2, 0.25) is 5.02 Å². The lowest BCUT2D eigenvalue weighted by Crippen LogP contribution is -2.23. The van der Waals surface area contributed by atoms with E-state index in [1.54, 1.807) is 18.3 Å². The number of fused-ring (bicyclic) bond motifs is 1. The quantitative estimate of drug-likeness (QED) is 0.143. The lowest BCUT2D eigenvalue weighted by molar-refractivity contribution is 0.398. The number of anilines is 1. The maximum Gasteiger partial charge on any atom is 0.273 e. The van der Waals surface area contributed by atoms with Crippen LogP contribution in [0.15, 0.2) is 62.1 Å². The molecule has 0 saturated heterocycles. The molecule has 12 heteroatoms. The molecule has 1 aromatic carbocycles. The Hall–Kier alpha value is -3.77. The number of nitrogens with one attached hydrogen (secondary N) is 1. The third-order valence-electron chi connectivity index (χ3n) is 8.37. The average Bonchev–Trinajstić information content (AvgIpc) is 3.76. The van der Waals surface area contributed by atoms with E-state index in [9.17, 15) is 13.2 Å². The summed E-state index contributed by atoms with van der Waals surface area (Å²) in [6, 6.07) is 15.4. The van der Waals surface area contributed by atoms with Crippen molar-refractivity contribution < 1.29 is 12.9 Å². The van der Waals surface area contributed by atoms with Gasteiger partial charge in [-0.25, -0.2) is 8.42 Å². The lowest BCUT2D eigenvalue weighted by Gasteiger charge is -2.16. The number of halogens is 1. The van der Waals surface area contributed by atoms with E-state index in [1.165, 1.54) is 11.3 Å². The van der Waals surface area contributed by atoms with E-state index in [-0.39, 0.29) is 22.1 Å². The number of thiophene rings is 2. The number of aryl methyl sites for hydroxylation is 5. The molecular weight excluding hydrogens is 684 g/mol. The molecule has 6 aromatic rings. The Labute approximate surface area is 293 Å². The molecule has 250 valence electrons. The molecule has 48 heavy (non-hydrogen) atoms. The highest BCUT2D eigenvalue weighted by Crippen LogP contribution is 2.40. The van der Waals surface area contributed by atoms with Crippen LogP contribution in [-0.2, 0) is 35.8 Å². The summed E-state index contributed by atoms with van der Waals surface area (Å²) in [5.74, 6) is 0.796. The highest BCUT2D eigenvalue weighted by Gasteiger charge is 2.27. The summed E-state index contributed by atoms with van der Waals surface area (Å²) < 4.78 is 37.4. The summed E-state index contributed by atoms with van der Waals surface area (Å²) in [5.41, 5.74) is 5.92. The molecule has 0 bridgehead atoms. The number of sulfonamides is 1. The standard InChI is InChI=1S/C36H37ClN4O4S3/c1-7-10-25-22(6)45-39-34(25)40-48(43,44)36-27(15-21(5)47-36)26-13-12-23(16-30(26)37)19-41-32-17-24(8-2)38-31(9-3)28(32)18-29(35(41)42)33-14-11-20(4)46-33/h11-18H,7-10,19H2,1-6H3,(H,39,40). The maximum absolute atomic E-state index is 14.2. The van der Waals surface area contributed by atoms with Crippen LogP contribution in [0.25, 0.3) is 32.5 Å². The van der Waals surface area contributed by atoms with Crippen LogP contribution in [0.5, 0.6) is 0 Å². The van der Waals surface area contributed by atoms with Crippen molar-refractivity contribution in [2.45, 2.75) is 78.0 Å². The van der Waals surface area contributed by atoms with Gasteiger partial charge in [-0.2, -0.15) is 0 Å². The monoisotopic (exact) mass is 720 g/mol. The molecule has 5 heterocycles. The van der Waals surface area contributed by atoms with Gasteiger partial charge in [0.05, 0.1) is 17.6 Å². The molecule has 0 spiro atoms. The zero-order chi connectivity index (χ0) is 34.3. The Balaban J connectivity index is 1.42. The van der Waals surface area contributed by atoms with Crippen LogP contribution in [0, 0.1) is 20.8 Å². The summed E-state index contributed by atoms with van der Waals surface area (Å²) >= 11 is 9.71. The number of benzene rings is 1. The summed E-state index contributed by atoms with van der Waals surface area (Å²) in [5, 5.41) is 5.33. The van der Waals surface area contributed by atoms with E-state index in [4.69, 9.17) is 21.1 Å². The molecule has 0 aliphatic heterocycles. The van der Waals surface area contributed by atoms with Gasteiger partial charge in [0.2, 0.25) is 0 Å². The van der Waals surface area contributed by atoms with Crippen LogP contribution in [0.3, 0.4) is 0 Å². The second-order valence-electron chi connectivity index (χ2n) is 11.9. The van der Waals surface area contributed by atoms with Crippen LogP contribution in [0.4, 0.5) is 5.82 Å². The molecular formula is C36H37ClN4O4S3. The topological polar surface area (TPSA) is 107 Å². The van der Waals surface area contributed by atoms with E-state index in [1.807, 2.05) is 73.9 Å². The molecule has 0 saturated carbocycles. The van der Waals surface area contributed by atoms with Crippen molar-refractivity contribution in [3.63, 3.8) is 0 Å². The Morgan fingerprint density at radius 3 is 2.38 bits per heavy atom. The van der Waals surface area contributed by atoms with Crippen molar-refractivity contribution in [1.29, 1.82) is 0 Å². The van der Waals surface area contributed by atoms with Gasteiger partial charge in [0.1, 0.15) is 9.97 Å². The maximum atomic E-state index is 14.2. The molecule has 0 unspecified atom stereocenters. The van der Waals surface area contributed by atoms with Crippen molar-refractivity contribution in [1.82, 2.24) is 14.7 Å². The zero-order valence-corrected chi connectivity index (χ0v) is 30.9. The number of pyridine rings is 2. The van der Waals surface area contributed by atoms with Crippen molar-refractivity contribution >= 4 is 61.0 Å². The number of hydrogen-bond acceptors (Lipinski definition) is 8. The smallest absolute Gasteiger partial charge is 0.273 e. The van der Waals surface area contributed by atoms with Crippen LogP contribution < -0.4 is 10.3 Å². The predicted octanol–water partition coefficient (Wildman–Crippen LogP) is 9.35. The lowest BCUT2D eigenvalue weighted by atomic mass is 10.0. The predicted molar refractivity (Wildman–Crippen MR) is 197 cm³/mol. The van der Waals surface area contributed by atoms with Gasteiger partial charge in [-0.05, 0) is 82.0 Å². The molecule has 0 fully saturated rings. The molecule has 0 amide bonds. The van der Waals surface area contributed by atoms with Gasteiger partial charge in [-0.1, -0.05) is 56.1 Å². The summed E-state index contributed by atoms with van der Waals surface area (Å²) in [4.78, 5) is 21.9. The largest absolute Gasteiger partial charge is 0.359 e. The third kappa shape index (κ3) is 6.48. The SMILES string of the molecule is CCCc1c(NS(=O)(=O)c2sc(C)cc2-c2ccc(Cn3c(=O)c(-c4ccc(C)s4)cc4c(CC)nc(CC)cc43)cc2Cl)noc1C. The normalized spacial score (nSPS) is 11.9. The minimum absolute atomic E-state index is 0.0849. The number of hydrogen-bond donors (Lipinski definition) is 1. The fraction of sp³-hybridized carbons (Fsp3) is 0.306. The first-order valence-electron chi connectivity index (χ1n) is 15.9. The Bertz CT molecular complexity index is 2330. The van der Waals surface area contributed by atoms with Crippen molar-refractivity contribution in [2.24, 2.45) is 0 Å². The van der Waals surface area contributed by atoms with E-state index in [0.29, 0.717) is 33.9 Å². The van der Waals surface area contributed by atoms with Crippen molar-refractivity contribution in [2.75, 3.05) is 4.72 Å². The highest BCUT2D eigenvalue weighted by atomic mass is 35.5. The molecule has 0 radical (unpaired) electrons. The van der Waals surface area contributed by atoms with Gasteiger partial charge < -0.3 is 9.09 Å².